The van der Waals surface area contributed by atoms with Gasteiger partial charge in [-0.05, 0) is 54.8 Å². The van der Waals surface area contributed by atoms with E-state index in [1.54, 1.807) is 0 Å². The quantitative estimate of drug-likeness (QED) is 0.568. The zero-order valence-corrected chi connectivity index (χ0v) is 11.0. The highest BCUT2D eigenvalue weighted by Gasteiger charge is 2.87. The maximum absolute atomic E-state index is 6.48. The number of ether oxygens (including phenoxy) is 1. The molecular formula is C15H24O. The fourth-order valence-corrected chi connectivity index (χ4v) is 5.85. The zero-order valence-electron chi connectivity index (χ0n) is 11.0. The van der Waals surface area contributed by atoms with Gasteiger partial charge in [-0.1, -0.05) is 27.7 Å². The van der Waals surface area contributed by atoms with Crippen molar-refractivity contribution in [1.29, 1.82) is 0 Å². The van der Waals surface area contributed by atoms with Crippen LogP contribution in [0.4, 0.5) is 0 Å². The first-order valence-corrected chi connectivity index (χ1v) is 7.17. The molecule has 1 aliphatic heterocycles. The number of rotatable bonds is 0. The molecule has 0 spiro atoms. The maximum Gasteiger partial charge on any atom is 0.104 e. The highest BCUT2D eigenvalue weighted by Crippen LogP contribution is 2.82. The standard InChI is InChI=1S/C15H24O/c1-9-5-6-11-12(13(11,3)4)15-10(2)7-8-14(9,15)16-15/h9-12H,5-8H2,1-4H3/t9-,10-,11-,12+,14-,15+/m1/s1. The van der Waals surface area contributed by atoms with Crippen molar-refractivity contribution in [3.8, 4) is 0 Å². The van der Waals surface area contributed by atoms with Crippen molar-refractivity contribution in [3.05, 3.63) is 0 Å². The van der Waals surface area contributed by atoms with E-state index in [1.165, 1.54) is 25.7 Å². The van der Waals surface area contributed by atoms with Crippen molar-refractivity contribution < 1.29 is 4.74 Å². The Kier molecular flexibility index (Phi) is 1.48. The molecule has 0 aromatic rings. The van der Waals surface area contributed by atoms with E-state index in [-0.39, 0.29) is 0 Å². The Morgan fingerprint density at radius 3 is 2.50 bits per heavy atom. The largest absolute Gasteiger partial charge is 0.362 e. The van der Waals surface area contributed by atoms with Crippen LogP contribution < -0.4 is 0 Å². The van der Waals surface area contributed by atoms with Crippen molar-refractivity contribution in [1.82, 2.24) is 0 Å². The molecule has 0 bridgehead atoms. The van der Waals surface area contributed by atoms with Gasteiger partial charge in [0.1, 0.15) is 11.2 Å². The molecule has 90 valence electrons. The maximum atomic E-state index is 6.48. The summed E-state index contributed by atoms with van der Waals surface area (Å²) in [6, 6.07) is 0. The second-order valence-electron chi connectivity index (χ2n) is 7.61. The van der Waals surface area contributed by atoms with E-state index in [0.29, 0.717) is 16.6 Å². The molecular weight excluding hydrogens is 196 g/mol. The van der Waals surface area contributed by atoms with Crippen LogP contribution in [0.1, 0.15) is 53.4 Å². The number of hydrogen-bond acceptors (Lipinski definition) is 1. The molecule has 0 unspecified atom stereocenters. The third-order valence-corrected chi connectivity index (χ3v) is 6.87. The predicted molar refractivity (Wildman–Crippen MR) is 64.1 cm³/mol. The summed E-state index contributed by atoms with van der Waals surface area (Å²) < 4.78 is 6.48. The average Bonchev–Trinajstić information content (AvgIpc) is 3.00. The smallest absolute Gasteiger partial charge is 0.104 e. The van der Waals surface area contributed by atoms with Gasteiger partial charge in [-0.25, -0.2) is 0 Å². The monoisotopic (exact) mass is 220 g/mol. The van der Waals surface area contributed by atoms with Gasteiger partial charge >= 0.3 is 0 Å². The molecule has 1 heterocycles. The minimum atomic E-state index is 0.317. The molecule has 3 saturated carbocycles. The second kappa shape index (κ2) is 2.39. The molecule has 0 radical (unpaired) electrons. The van der Waals surface area contributed by atoms with E-state index in [1.807, 2.05) is 0 Å². The van der Waals surface area contributed by atoms with Gasteiger partial charge in [-0.15, -0.1) is 0 Å². The lowest BCUT2D eigenvalue weighted by atomic mass is 9.77. The van der Waals surface area contributed by atoms with Gasteiger partial charge in [0.05, 0.1) is 0 Å². The fraction of sp³-hybridized carbons (Fsp3) is 1.00. The molecule has 1 saturated heterocycles. The molecule has 0 aromatic carbocycles. The minimum Gasteiger partial charge on any atom is -0.362 e. The van der Waals surface area contributed by atoms with Gasteiger partial charge in [0, 0.05) is 0 Å². The van der Waals surface area contributed by atoms with Crippen molar-refractivity contribution in [3.63, 3.8) is 0 Å². The van der Waals surface area contributed by atoms with Crippen LogP contribution >= 0.6 is 0 Å². The zero-order chi connectivity index (χ0) is 11.3. The van der Waals surface area contributed by atoms with Crippen LogP contribution in [0.2, 0.25) is 0 Å². The molecule has 0 aromatic heterocycles. The number of fused-ring (bicyclic) bond motifs is 1. The molecule has 6 atom stereocenters. The van der Waals surface area contributed by atoms with Crippen molar-refractivity contribution in [2.45, 2.75) is 64.6 Å². The number of epoxide rings is 1. The summed E-state index contributed by atoms with van der Waals surface area (Å²) in [5, 5.41) is 0. The van der Waals surface area contributed by atoms with Gasteiger partial charge in [-0.3, -0.25) is 0 Å². The first-order chi connectivity index (χ1) is 7.47. The minimum absolute atomic E-state index is 0.317. The molecule has 4 aliphatic rings. The lowest BCUT2D eigenvalue weighted by molar-refractivity contribution is 0.125. The van der Waals surface area contributed by atoms with Crippen LogP contribution in [-0.2, 0) is 4.74 Å². The summed E-state index contributed by atoms with van der Waals surface area (Å²) in [4.78, 5) is 0. The molecule has 3 aliphatic carbocycles. The van der Waals surface area contributed by atoms with Crippen molar-refractivity contribution in [2.75, 3.05) is 0 Å². The lowest BCUT2D eigenvalue weighted by Crippen LogP contribution is -2.32. The Balaban J connectivity index is 1.81. The van der Waals surface area contributed by atoms with Gasteiger partial charge in [0.15, 0.2) is 0 Å². The molecule has 0 amide bonds. The second-order valence-corrected chi connectivity index (χ2v) is 7.61. The molecule has 0 N–H and O–H groups in total. The highest BCUT2D eigenvalue weighted by atomic mass is 16.6. The Hall–Kier alpha value is -0.0400. The number of hydrogen-bond donors (Lipinski definition) is 0. The average molecular weight is 220 g/mol. The van der Waals surface area contributed by atoms with Gasteiger partial charge in [0.25, 0.3) is 0 Å². The van der Waals surface area contributed by atoms with Gasteiger partial charge in [0.2, 0.25) is 0 Å². The van der Waals surface area contributed by atoms with E-state index in [4.69, 9.17) is 4.74 Å². The van der Waals surface area contributed by atoms with Crippen LogP contribution in [-0.4, -0.2) is 11.2 Å². The third kappa shape index (κ3) is 0.749. The van der Waals surface area contributed by atoms with Crippen LogP contribution in [0.15, 0.2) is 0 Å². The molecule has 4 fully saturated rings. The molecule has 1 nitrogen and oxygen atoms in total. The summed E-state index contributed by atoms with van der Waals surface area (Å²) in [5.74, 6) is 3.45. The van der Waals surface area contributed by atoms with Crippen LogP contribution in [0.5, 0.6) is 0 Å². The van der Waals surface area contributed by atoms with E-state index >= 15 is 0 Å². The Morgan fingerprint density at radius 1 is 1.00 bits per heavy atom. The first kappa shape index (κ1) is 9.94. The van der Waals surface area contributed by atoms with Crippen molar-refractivity contribution >= 4 is 0 Å². The van der Waals surface area contributed by atoms with Crippen LogP contribution in [0.25, 0.3) is 0 Å². The molecule has 16 heavy (non-hydrogen) atoms. The summed E-state index contributed by atoms with van der Waals surface area (Å²) in [5.41, 5.74) is 1.21. The molecule has 1 heteroatoms. The summed E-state index contributed by atoms with van der Waals surface area (Å²) in [6.45, 7) is 9.84. The Labute approximate surface area is 98.9 Å². The third-order valence-electron chi connectivity index (χ3n) is 6.87. The summed E-state index contributed by atoms with van der Waals surface area (Å²) >= 11 is 0. The van der Waals surface area contributed by atoms with E-state index in [9.17, 15) is 0 Å². The van der Waals surface area contributed by atoms with E-state index in [2.05, 4.69) is 27.7 Å². The summed E-state index contributed by atoms with van der Waals surface area (Å²) in [7, 11) is 0. The van der Waals surface area contributed by atoms with Crippen molar-refractivity contribution in [2.24, 2.45) is 29.1 Å². The first-order valence-electron chi connectivity index (χ1n) is 7.17. The van der Waals surface area contributed by atoms with E-state index < -0.39 is 0 Å². The van der Waals surface area contributed by atoms with Crippen LogP contribution in [0, 0.1) is 29.1 Å². The highest BCUT2D eigenvalue weighted by molar-refractivity contribution is 5.35. The predicted octanol–water partition coefficient (Wildman–Crippen LogP) is 3.63. The normalized spacial score (nSPS) is 65.2. The topological polar surface area (TPSA) is 12.5 Å². The lowest BCUT2D eigenvalue weighted by Gasteiger charge is -2.21. The van der Waals surface area contributed by atoms with E-state index in [0.717, 1.165) is 23.7 Å². The summed E-state index contributed by atoms with van der Waals surface area (Å²) in [6.07, 6.45) is 5.61. The fourth-order valence-electron chi connectivity index (χ4n) is 5.85. The molecule has 4 rings (SSSR count). The van der Waals surface area contributed by atoms with Gasteiger partial charge in [-0.2, -0.15) is 0 Å². The Bertz CT molecular complexity index is 360. The Morgan fingerprint density at radius 2 is 1.75 bits per heavy atom. The van der Waals surface area contributed by atoms with Crippen LogP contribution in [0.3, 0.4) is 0 Å². The SMILES string of the molecule is C[C@@H]1CC[C@]23O[C@]12[C@H]1[C@@H](CC[C@H]3C)C1(C)C. The van der Waals surface area contributed by atoms with Gasteiger partial charge < -0.3 is 4.74 Å².